The molecule has 4 nitrogen and oxygen atoms in total. The Morgan fingerprint density at radius 3 is 1.85 bits per heavy atom. The standard InChI is InChI=1S/C51H38N2O2/c1-4-14-39-34(10-1)35-11-2-5-15-40(35)51(39)41-16-6-8-19-47(41)55-48-37(13-9-17-42(48)51)44-26-43(33-20-21-46-38(25-33)36-12-3-7-18-45(36)54-46)52-49(53-44)50-27-30-22-31(28-50)24-32(23-30)29-50/h1-21,25-26,30-32H,22-24,27-29H2/t30-,31-,32?,50?/m1/s1. The molecule has 8 aromatic rings. The molecule has 0 N–H and O–H groups in total. The van der Waals surface area contributed by atoms with Crippen molar-refractivity contribution >= 4 is 21.9 Å². The summed E-state index contributed by atoms with van der Waals surface area (Å²) in [6.45, 7) is 0. The molecule has 5 aliphatic carbocycles. The fraction of sp³-hybridized carbons (Fsp3) is 0.216. The van der Waals surface area contributed by atoms with Crippen molar-refractivity contribution in [3.8, 4) is 45.1 Å². The zero-order chi connectivity index (χ0) is 35.9. The van der Waals surface area contributed by atoms with Gasteiger partial charge in [-0.05, 0) is 121 Å². The highest BCUT2D eigenvalue weighted by Crippen LogP contribution is 2.64. The van der Waals surface area contributed by atoms with Gasteiger partial charge in [-0.1, -0.05) is 97.1 Å². The third kappa shape index (κ3) is 4.07. The normalized spacial score (nSPS) is 23.4. The molecule has 4 bridgehead atoms. The summed E-state index contributed by atoms with van der Waals surface area (Å²) in [4.78, 5) is 11.3. The van der Waals surface area contributed by atoms with Crippen molar-refractivity contribution in [3.63, 3.8) is 0 Å². The Bertz CT molecular complexity index is 2840. The Hall–Kier alpha value is -6.00. The van der Waals surface area contributed by atoms with Gasteiger partial charge in [-0.25, -0.2) is 9.97 Å². The highest BCUT2D eigenvalue weighted by molar-refractivity contribution is 6.06. The van der Waals surface area contributed by atoms with Gasteiger partial charge >= 0.3 is 0 Å². The summed E-state index contributed by atoms with van der Waals surface area (Å²) in [5, 5.41) is 2.24. The molecule has 14 rings (SSSR count). The number of benzene rings is 6. The topological polar surface area (TPSA) is 48.2 Å². The van der Waals surface area contributed by atoms with Crippen LogP contribution >= 0.6 is 0 Å². The molecule has 55 heavy (non-hydrogen) atoms. The molecular formula is C51H38N2O2. The Morgan fingerprint density at radius 1 is 0.491 bits per heavy atom. The van der Waals surface area contributed by atoms with E-state index in [1.54, 1.807) is 0 Å². The summed E-state index contributed by atoms with van der Waals surface area (Å²) in [6, 6.07) is 50.3. The van der Waals surface area contributed by atoms with Gasteiger partial charge in [0.2, 0.25) is 0 Å². The van der Waals surface area contributed by atoms with Crippen LogP contribution in [0, 0.1) is 17.8 Å². The lowest BCUT2D eigenvalue weighted by Gasteiger charge is -2.56. The first-order valence-corrected chi connectivity index (χ1v) is 20.1. The second-order valence-electron chi connectivity index (χ2n) is 17.1. The van der Waals surface area contributed by atoms with Gasteiger partial charge in [-0.3, -0.25) is 0 Å². The van der Waals surface area contributed by atoms with E-state index in [9.17, 15) is 0 Å². The van der Waals surface area contributed by atoms with Crippen molar-refractivity contribution < 1.29 is 9.15 Å². The van der Waals surface area contributed by atoms with Crippen molar-refractivity contribution in [2.75, 3.05) is 0 Å². The minimum Gasteiger partial charge on any atom is -0.456 e. The Morgan fingerprint density at radius 2 is 1.09 bits per heavy atom. The van der Waals surface area contributed by atoms with Gasteiger partial charge < -0.3 is 9.15 Å². The van der Waals surface area contributed by atoms with Crippen LogP contribution in [0.4, 0.5) is 0 Å². The van der Waals surface area contributed by atoms with Crippen molar-refractivity contribution in [3.05, 3.63) is 168 Å². The van der Waals surface area contributed by atoms with Gasteiger partial charge in [0.05, 0.1) is 16.8 Å². The maximum absolute atomic E-state index is 7.14. The Labute approximate surface area is 319 Å². The fourth-order valence-corrected chi connectivity index (χ4v) is 12.3. The van der Waals surface area contributed by atoms with E-state index in [4.69, 9.17) is 19.1 Å². The van der Waals surface area contributed by atoms with Crippen LogP contribution in [0.5, 0.6) is 11.5 Å². The zero-order valence-corrected chi connectivity index (χ0v) is 30.5. The molecule has 0 atom stereocenters. The predicted molar refractivity (Wildman–Crippen MR) is 217 cm³/mol. The van der Waals surface area contributed by atoms with E-state index in [2.05, 4.69) is 127 Å². The molecule has 1 aliphatic heterocycles. The molecule has 4 fully saturated rings. The Kier molecular flexibility index (Phi) is 5.97. The average Bonchev–Trinajstić information content (AvgIpc) is 3.74. The molecule has 2 aromatic heterocycles. The van der Waals surface area contributed by atoms with E-state index in [1.807, 2.05) is 12.1 Å². The van der Waals surface area contributed by atoms with E-state index in [0.29, 0.717) is 0 Å². The first kappa shape index (κ1) is 30.3. The maximum Gasteiger partial charge on any atom is 0.141 e. The second-order valence-corrected chi connectivity index (χ2v) is 17.1. The number of aromatic nitrogens is 2. The van der Waals surface area contributed by atoms with Gasteiger partial charge in [0.1, 0.15) is 28.5 Å². The predicted octanol–water partition coefficient (Wildman–Crippen LogP) is 12.6. The van der Waals surface area contributed by atoms with Gasteiger partial charge in [-0.15, -0.1) is 0 Å². The lowest BCUT2D eigenvalue weighted by Crippen LogP contribution is -2.49. The largest absolute Gasteiger partial charge is 0.456 e. The van der Waals surface area contributed by atoms with Gasteiger partial charge in [-0.2, -0.15) is 0 Å². The molecule has 0 radical (unpaired) electrons. The lowest BCUT2D eigenvalue weighted by atomic mass is 9.49. The van der Waals surface area contributed by atoms with Crippen LogP contribution in [-0.4, -0.2) is 9.97 Å². The highest BCUT2D eigenvalue weighted by Gasteiger charge is 2.54. The second kappa shape index (κ2) is 10.8. The van der Waals surface area contributed by atoms with Gasteiger partial charge in [0.25, 0.3) is 0 Å². The number of para-hydroxylation sites is 3. The van der Waals surface area contributed by atoms with Gasteiger partial charge in [0, 0.05) is 38.4 Å². The number of rotatable bonds is 3. The summed E-state index contributed by atoms with van der Waals surface area (Å²) in [6.07, 6.45) is 7.71. The van der Waals surface area contributed by atoms with Crippen LogP contribution in [0.2, 0.25) is 0 Å². The molecule has 6 aromatic carbocycles. The number of ether oxygens (including phenoxy) is 1. The highest BCUT2D eigenvalue weighted by atomic mass is 16.5. The molecule has 264 valence electrons. The quantitative estimate of drug-likeness (QED) is 0.183. The molecule has 0 amide bonds. The van der Waals surface area contributed by atoms with Gasteiger partial charge in [0.15, 0.2) is 0 Å². The summed E-state index contributed by atoms with van der Waals surface area (Å²) in [5.74, 6) is 5.13. The van der Waals surface area contributed by atoms with Crippen molar-refractivity contribution in [1.82, 2.24) is 9.97 Å². The fourth-order valence-electron chi connectivity index (χ4n) is 12.3. The molecule has 3 heterocycles. The average molecular weight is 711 g/mol. The molecular weight excluding hydrogens is 673 g/mol. The van der Waals surface area contributed by atoms with E-state index < -0.39 is 5.41 Å². The summed E-state index contributed by atoms with van der Waals surface area (Å²) in [5.41, 5.74) is 12.8. The van der Waals surface area contributed by atoms with Crippen LogP contribution < -0.4 is 4.74 Å². The zero-order valence-electron chi connectivity index (χ0n) is 30.5. The van der Waals surface area contributed by atoms with Crippen LogP contribution in [-0.2, 0) is 10.8 Å². The number of nitrogens with zero attached hydrogens (tertiary/aromatic N) is 2. The molecule has 0 unspecified atom stereocenters. The lowest BCUT2D eigenvalue weighted by molar-refractivity contribution is -0.00929. The van der Waals surface area contributed by atoms with Crippen LogP contribution in [0.3, 0.4) is 0 Å². The Balaban J connectivity index is 1.07. The van der Waals surface area contributed by atoms with E-state index >= 15 is 0 Å². The summed E-state index contributed by atoms with van der Waals surface area (Å²) < 4.78 is 13.4. The van der Waals surface area contributed by atoms with E-state index in [1.165, 1.54) is 66.3 Å². The number of fused-ring (bicyclic) bond motifs is 12. The van der Waals surface area contributed by atoms with E-state index in [-0.39, 0.29) is 5.41 Å². The monoisotopic (exact) mass is 710 g/mol. The minimum atomic E-state index is -0.528. The number of hydrogen-bond acceptors (Lipinski definition) is 4. The summed E-state index contributed by atoms with van der Waals surface area (Å²) in [7, 11) is 0. The first-order chi connectivity index (χ1) is 27.1. The number of furan rings is 1. The van der Waals surface area contributed by atoms with Crippen molar-refractivity contribution in [2.24, 2.45) is 17.8 Å². The van der Waals surface area contributed by atoms with Crippen LogP contribution in [0.25, 0.3) is 55.6 Å². The van der Waals surface area contributed by atoms with Crippen molar-refractivity contribution in [2.45, 2.75) is 49.4 Å². The SMILES string of the molecule is c1ccc2c(c1)Oc1c(-c3cc(-c4ccc5oc6ccccc6c5c4)nc(C45CC6C[C@H](C4)C[C@H](C6)C5)n3)cccc1C21c2ccccc2-c2ccccc21. The van der Waals surface area contributed by atoms with Crippen LogP contribution in [0.1, 0.15) is 66.6 Å². The first-order valence-electron chi connectivity index (χ1n) is 20.1. The van der Waals surface area contributed by atoms with E-state index in [0.717, 1.165) is 85.1 Å². The molecule has 1 spiro atoms. The third-order valence-corrected chi connectivity index (χ3v) is 14.1. The van der Waals surface area contributed by atoms with Crippen molar-refractivity contribution in [1.29, 1.82) is 0 Å². The summed E-state index contributed by atoms with van der Waals surface area (Å²) >= 11 is 0. The third-order valence-electron chi connectivity index (χ3n) is 14.1. The smallest absolute Gasteiger partial charge is 0.141 e. The molecule has 6 aliphatic rings. The van der Waals surface area contributed by atoms with Crippen LogP contribution in [0.15, 0.2) is 144 Å². The molecule has 4 heteroatoms. The minimum absolute atomic E-state index is 0.0127. The maximum atomic E-state index is 7.14. The molecule has 0 saturated heterocycles. The molecule has 4 saturated carbocycles. The number of hydrogen-bond donors (Lipinski definition) is 0.